The Morgan fingerprint density at radius 2 is 2.05 bits per heavy atom. The molecule has 0 spiro atoms. The second-order valence-electron chi connectivity index (χ2n) is 5.21. The van der Waals surface area contributed by atoms with E-state index in [1.807, 2.05) is 0 Å². The quantitative estimate of drug-likeness (QED) is 0.897. The maximum atomic E-state index is 13.7. The molecular formula is C14H18ClFN2O. The number of hydrogen-bond donors (Lipinski definition) is 2. The molecule has 1 aromatic rings. The molecule has 3 N–H and O–H groups in total. The number of amides is 1. The van der Waals surface area contributed by atoms with Crippen molar-refractivity contribution in [3.8, 4) is 0 Å². The van der Waals surface area contributed by atoms with Crippen LogP contribution in [-0.2, 0) is 0 Å². The van der Waals surface area contributed by atoms with Gasteiger partial charge in [0.2, 0.25) is 0 Å². The second kappa shape index (κ2) is 5.88. The van der Waals surface area contributed by atoms with Crippen molar-refractivity contribution >= 4 is 17.5 Å². The summed E-state index contributed by atoms with van der Waals surface area (Å²) in [6.07, 6.45) is 5.14. The SMILES string of the molecule is NC1(CNC(=O)c2cccc(Cl)c2F)CCCCC1. The Kier molecular flexibility index (Phi) is 4.42. The van der Waals surface area contributed by atoms with E-state index in [1.54, 1.807) is 6.07 Å². The Balaban J connectivity index is 1.99. The van der Waals surface area contributed by atoms with Crippen LogP contribution in [0, 0.1) is 5.82 Å². The molecule has 1 amide bonds. The molecule has 2 rings (SSSR count). The molecule has 3 nitrogen and oxygen atoms in total. The normalized spacial score (nSPS) is 18.1. The summed E-state index contributed by atoms with van der Waals surface area (Å²) < 4.78 is 13.7. The second-order valence-corrected chi connectivity index (χ2v) is 5.61. The molecular weight excluding hydrogens is 267 g/mol. The molecule has 0 unspecified atom stereocenters. The van der Waals surface area contributed by atoms with E-state index < -0.39 is 11.7 Å². The molecule has 0 radical (unpaired) electrons. The number of nitrogens with two attached hydrogens (primary N) is 1. The molecule has 0 saturated heterocycles. The summed E-state index contributed by atoms with van der Waals surface area (Å²) in [5, 5.41) is 2.67. The first kappa shape index (κ1) is 14.3. The van der Waals surface area contributed by atoms with Crippen molar-refractivity contribution in [3.63, 3.8) is 0 Å². The zero-order valence-electron chi connectivity index (χ0n) is 10.7. The van der Waals surface area contributed by atoms with E-state index in [0.29, 0.717) is 6.54 Å². The highest BCUT2D eigenvalue weighted by Gasteiger charge is 2.28. The number of nitrogens with one attached hydrogen (secondary N) is 1. The summed E-state index contributed by atoms with van der Waals surface area (Å²) in [6.45, 7) is 0.373. The van der Waals surface area contributed by atoms with Gasteiger partial charge < -0.3 is 11.1 Å². The predicted molar refractivity (Wildman–Crippen MR) is 73.7 cm³/mol. The maximum absolute atomic E-state index is 13.7. The van der Waals surface area contributed by atoms with Gasteiger partial charge in [0, 0.05) is 12.1 Å². The van der Waals surface area contributed by atoms with E-state index in [4.69, 9.17) is 17.3 Å². The number of hydrogen-bond acceptors (Lipinski definition) is 2. The van der Waals surface area contributed by atoms with E-state index in [0.717, 1.165) is 25.7 Å². The number of carbonyl (C=O) groups is 1. The minimum absolute atomic E-state index is 0.0353. The van der Waals surface area contributed by atoms with E-state index in [9.17, 15) is 9.18 Å². The monoisotopic (exact) mass is 284 g/mol. The van der Waals surface area contributed by atoms with Crippen molar-refractivity contribution in [2.45, 2.75) is 37.6 Å². The third-order valence-electron chi connectivity index (χ3n) is 3.65. The van der Waals surface area contributed by atoms with Gasteiger partial charge in [0.15, 0.2) is 5.82 Å². The Morgan fingerprint density at radius 3 is 2.74 bits per heavy atom. The Morgan fingerprint density at radius 1 is 1.37 bits per heavy atom. The van der Waals surface area contributed by atoms with Crippen LogP contribution in [0.2, 0.25) is 5.02 Å². The third-order valence-corrected chi connectivity index (χ3v) is 3.94. The largest absolute Gasteiger partial charge is 0.350 e. The molecule has 0 aromatic heterocycles. The fraction of sp³-hybridized carbons (Fsp3) is 0.500. The lowest BCUT2D eigenvalue weighted by Gasteiger charge is -2.33. The Hall–Kier alpha value is -1.13. The van der Waals surface area contributed by atoms with E-state index in [2.05, 4.69) is 5.32 Å². The Labute approximate surface area is 117 Å². The van der Waals surface area contributed by atoms with Crippen LogP contribution < -0.4 is 11.1 Å². The van der Waals surface area contributed by atoms with Crippen molar-refractivity contribution in [1.29, 1.82) is 0 Å². The smallest absolute Gasteiger partial charge is 0.254 e. The van der Waals surface area contributed by atoms with Crippen LogP contribution in [0.3, 0.4) is 0 Å². The van der Waals surface area contributed by atoms with Crippen molar-refractivity contribution < 1.29 is 9.18 Å². The van der Waals surface area contributed by atoms with E-state index in [-0.39, 0.29) is 16.1 Å². The number of benzene rings is 1. The van der Waals surface area contributed by atoms with Gasteiger partial charge in [0.1, 0.15) is 0 Å². The summed E-state index contributed by atoms with van der Waals surface area (Å²) in [7, 11) is 0. The topological polar surface area (TPSA) is 55.1 Å². The molecule has 1 saturated carbocycles. The van der Waals surface area contributed by atoms with Gasteiger partial charge in [-0.25, -0.2) is 4.39 Å². The van der Waals surface area contributed by atoms with E-state index in [1.165, 1.54) is 18.6 Å². The lowest BCUT2D eigenvalue weighted by Crippen LogP contribution is -2.51. The van der Waals surface area contributed by atoms with Crippen LogP contribution in [-0.4, -0.2) is 18.0 Å². The lowest BCUT2D eigenvalue weighted by atomic mass is 9.82. The fourth-order valence-corrected chi connectivity index (χ4v) is 2.64. The minimum atomic E-state index is -0.684. The first-order chi connectivity index (χ1) is 9.02. The van der Waals surface area contributed by atoms with Gasteiger partial charge in [0.05, 0.1) is 10.6 Å². The van der Waals surface area contributed by atoms with Crippen LogP contribution in [0.1, 0.15) is 42.5 Å². The molecule has 0 atom stereocenters. The highest BCUT2D eigenvalue weighted by molar-refractivity contribution is 6.31. The molecule has 104 valence electrons. The summed E-state index contributed by atoms with van der Waals surface area (Å²) in [5.41, 5.74) is 5.83. The van der Waals surface area contributed by atoms with Gasteiger partial charge in [0.25, 0.3) is 5.91 Å². The highest BCUT2D eigenvalue weighted by atomic mass is 35.5. The fourth-order valence-electron chi connectivity index (χ4n) is 2.46. The van der Waals surface area contributed by atoms with Gasteiger partial charge >= 0.3 is 0 Å². The van der Waals surface area contributed by atoms with E-state index >= 15 is 0 Å². The summed E-state index contributed by atoms with van der Waals surface area (Å²) in [5.74, 6) is -1.15. The number of carbonyl (C=O) groups excluding carboxylic acids is 1. The molecule has 1 fully saturated rings. The molecule has 0 aliphatic heterocycles. The van der Waals surface area contributed by atoms with Crippen molar-refractivity contribution in [2.75, 3.05) is 6.54 Å². The summed E-state index contributed by atoms with van der Waals surface area (Å²) in [6, 6.07) is 4.39. The molecule has 19 heavy (non-hydrogen) atoms. The van der Waals surface area contributed by atoms with Gasteiger partial charge in [-0.2, -0.15) is 0 Å². The van der Waals surface area contributed by atoms with Crippen LogP contribution in [0.15, 0.2) is 18.2 Å². The molecule has 1 aliphatic rings. The van der Waals surface area contributed by atoms with Gasteiger partial charge in [-0.1, -0.05) is 36.9 Å². The molecule has 1 aromatic carbocycles. The third kappa shape index (κ3) is 3.45. The van der Waals surface area contributed by atoms with Crippen LogP contribution in [0.4, 0.5) is 4.39 Å². The number of halogens is 2. The number of rotatable bonds is 3. The average molecular weight is 285 g/mol. The zero-order valence-corrected chi connectivity index (χ0v) is 11.5. The molecule has 5 heteroatoms. The van der Waals surface area contributed by atoms with Crippen LogP contribution in [0.5, 0.6) is 0 Å². The first-order valence-electron chi connectivity index (χ1n) is 6.53. The van der Waals surface area contributed by atoms with Gasteiger partial charge in [-0.05, 0) is 25.0 Å². The standard InChI is InChI=1S/C14H18ClFN2O/c15-11-6-4-5-10(12(11)16)13(19)18-9-14(17)7-2-1-3-8-14/h4-6H,1-3,7-9,17H2,(H,18,19). The predicted octanol–water partition coefficient (Wildman–Crippen LogP) is 2.87. The summed E-state index contributed by atoms with van der Waals surface area (Å²) in [4.78, 5) is 11.9. The molecule has 0 bridgehead atoms. The van der Waals surface area contributed by atoms with Gasteiger partial charge in [-0.15, -0.1) is 0 Å². The van der Waals surface area contributed by atoms with Crippen molar-refractivity contribution in [1.82, 2.24) is 5.32 Å². The molecule has 0 heterocycles. The summed E-state index contributed by atoms with van der Waals surface area (Å²) >= 11 is 5.65. The van der Waals surface area contributed by atoms with Crippen LogP contribution >= 0.6 is 11.6 Å². The maximum Gasteiger partial charge on any atom is 0.254 e. The van der Waals surface area contributed by atoms with Crippen molar-refractivity contribution in [2.24, 2.45) is 5.73 Å². The lowest BCUT2D eigenvalue weighted by molar-refractivity contribution is 0.0933. The highest BCUT2D eigenvalue weighted by Crippen LogP contribution is 2.25. The molecule has 1 aliphatic carbocycles. The average Bonchev–Trinajstić information content (AvgIpc) is 2.40. The minimum Gasteiger partial charge on any atom is -0.350 e. The Bertz CT molecular complexity index is 473. The first-order valence-corrected chi connectivity index (χ1v) is 6.91. The zero-order chi connectivity index (χ0) is 13.9. The van der Waals surface area contributed by atoms with Crippen LogP contribution in [0.25, 0.3) is 0 Å². The van der Waals surface area contributed by atoms with Crippen molar-refractivity contribution in [3.05, 3.63) is 34.6 Å². The van der Waals surface area contributed by atoms with Gasteiger partial charge in [-0.3, -0.25) is 4.79 Å².